The summed E-state index contributed by atoms with van der Waals surface area (Å²) in [4.78, 5) is 33.2. The molecular weight excluding hydrogens is 320 g/mol. The fourth-order valence-corrected chi connectivity index (χ4v) is 2.65. The highest BCUT2D eigenvalue weighted by molar-refractivity contribution is 6.30. The molecule has 7 nitrogen and oxygen atoms in total. The first-order chi connectivity index (χ1) is 11.1. The van der Waals surface area contributed by atoms with Gasteiger partial charge in [-0.05, 0) is 24.3 Å². The Morgan fingerprint density at radius 3 is 2.83 bits per heavy atom. The van der Waals surface area contributed by atoms with Gasteiger partial charge in [0, 0.05) is 17.1 Å². The lowest BCUT2D eigenvalue weighted by molar-refractivity contribution is -0.146. The highest BCUT2D eigenvalue weighted by atomic mass is 35.5. The average Bonchev–Trinajstić information content (AvgIpc) is 3.02. The van der Waals surface area contributed by atoms with Crippen molar-refractivity contribution in [2.24, 2.45) is 0 Å². The van der Waals surface area contributed by atoms with Gasteiger partial charge in [0.25, 0.3) is 0 Å². The molecule has 2 heterocycles. The van der Waals surface area contributed by atoms with Crippen molar-refractivity contribution in [2.45, 2.75) is 19.0 Å². The highest BCUT2D eigenvalue weighted by Crippen LogP contribution is 2.23. The number of carbonyl (C=O) groups excluding carboxylic acids is 2. The SMILES string of the molecule is COC(=O)C1Cc2nc[nH]c2CN1C(=O)Nc1ccc(Cl)cc1. The zero-order valence-electron chi connectivity index (χ0n) is 12.4. The molecule has 0 radical (unpaired) electrons. The molecule has 120 valence electrons. The molecule has 1 aliphatic rings. The van der Waals surface area contributed by atoms with Gasteiger partial charge in [-0.3, -0.25) is 0 Å². The van der Waals surface area contributed by atoms with E-state index in [4.69, 9.17) is 16.3 Å². The van der Waals surface area contributed by atoms with Crippen LogP contribution in [0.2, 0.25) is 5.02 Å². The number of anilines is 1. The van der Waals surface area contributed by atoms with E-state index in [1.807, 2.05) is 0 Å². The van der Waals surface area contributed by atoms with Crippen LogP contribution in [0, 0.1) is 0 Å². The minimum atomic E-state index is -0.705. The second-order valence-corrected chi connectivity index (χ2v) is 5.57. The zero-order chi connectivity index (χ0) is 16.4. The van der Waals surface area contributed by atoms with Gasteiger partial charge in [-0.25, -0.2) is 14.6 Å². The van der Waals surface area contributed by atoms with Crippen LogP contribution in [0.25, 0.3) is 0 Å². The number of aromatic amines is 1. The van der Waals surface area contributed by atoms with Crippen LogP contribution in [0.5, 0.6) is 0 Å². The number of imidazole rings is 1. The van der Waals surface area contributed by atoms with Gasteiger partial charge in [0.05, 0.1) is 31.4 Å². The van der Waals surface area contributed by atoms with Crippen molar-refractivity contribution in [1.29, 1.82) is 0 Å². The standard InChI is InChI=1S/C15H15ClN4O3/c1-23-14(21)13-6-11-12(18-8-17-11)7-20(13)15(22)19-10-4-2-9(16)3-5-10/h2-5,8,13H,6-7H2,1H3,(H,17,18)(H,19,22). The first kappa shape index (κ1) is 15.4. The molecule has 0 bridgehead atoms. The molecule has 3 rings (SSSR count). The van der Waals surface area contributed by atoms with E-state index in [0.717, 1.165) is 11.4 Å². The van der Waals surface area contributed by atoms with E-state index in [9.17, 15) is 9.59 Å². The zero-order valence-corrected chi connectivity index (χ0v) is 13.1. The van der Waals surface area contributed by atoms with Crippen LogP contribution >= 0.6 is 11.6 Å². The number of benzene rings is 1. The smallest absolute Gasteiger partial charge is 0.329 e. The summed E-state index contributed by atoms with van der Waals surface area (Å²) in [6, 6.07) is 5.65. The maximum atomic E-state index is 12.6. The van der Waals surface area contributed by atoms with E-state index in [1.54, 1.807) is 30.6 Å². The summed E-state index contributed by atoms with van der Waals surface area (Å²) in [7, 11) is 1.30. The van der Waals surface area contributed by atoms with Gasteiger partial charge in [0.1, 0.15) is 6.04 Å². The molecule has 1 aromatic carbocycles. The number of esters is 1. The molecule has 1 aliphatic heterocycles. The summed E-state index contributed by atoms with van der Waals surface area (Å²) in [5.41, 5.74) is 2.19. The predicted octanol–water partition coefficient (Wildman–Crippen LogP) is 2.19. The van der Waals surface area contributed by atoms with Crippen molar-refractivity contribution < 1.29 is 14.3 Å². The molecule has 0 fully saturated rings. The van der Waals surface area contributed by atoms with Crippen LogP contribution in [-0.2, 0) is 22.5 Å². The first-order valence-corrected chi connectivity index (χ1v) is 7.38. The fourth-order valence-electron chi connectivity index (χ4n) is 2.52. The first-order valence-electron chi connectivity index (χ1n) is 7.00. The Labute approximate surface area is 137 Å². The summed E-state index contributed by atoms with van der Waals surface area (Å²) in [6.07, 6.45) is 1.87. The Morgan fingerprint density at radius 1 is 1.39 bits per heavy atom. The van der Waals surface area contributed by atoms with Crippen LogP contribution in [0.3, 0.4) is 0 Å². The Hall–Kier alpha value is -2.54. The monoisotopic (exact) mass is 334 g/mol. The topological polar surface area (TPSA) is 87.3 Å². The Bertz CT molecular complexity index is 729. The number of halogens is 1. The van der Waals surface area contributed by atoms with E-state index >= 15 is 0 Å². The van der Waals surface area contributed by atoms with Crippen LogP contribution in [0.1, 0.15) is 11.4 Å². The van der Waals surface area contributed by atoms with Gasteiger partial charge < -0.3 is 19.9 Å². The van der Waals surface area contributed by atoms with Gasteiger partial charge >= 0.3 is 12.0 Å². The molecule has 0 aliphatic carbocycles. The summed E-state index contributed by atoms with van der Waals surface area (Å²) in [5, 5.41) is 3.34. The van der Waals surface area contributed by atoms with Crippen molar-refractivity contribution in [2.75, 3.05) is 12.4 Å². The highest BCUT2D eigenvalue weighted by Gasteiger charge is 2.36. The van der Waals surface area contributed by atoms with E-state index < -0.39 is 12.0 Å². The van der Waals surface area contributed by atoms with Crippen LogP contribution in [0.4, 0.5) is 10.5 Å². The molecule has 2 amide bonds. The van der Waals surface area contributed by atoms with E-state index in [2.05, 4.69) is 15.3 Å². The number of rotatable bonds is 2. The van der Waals surface area contributed by atoms with Gasteiger partial charge in [0.15, 0.2) is 0 Å². The van der Waals surface area contributed by atoms with Crippen molar-refractivity contribution in [3.63, 3.8) is 0 Å². The average molecular weight is 335 g/mol. The second kappa shape index (κ2) is 6.29. The largest absolute Gasteiger partial charge is 0.467 e. The lowest BCUT2D eigenvalue weighted by Crippen LogP contribution is -2.50. The predicted molar refractivity (Wildman–Crippen MR) is 84.1 cm³/mol. The maximum absolute atomic E-state index is 12.6. The van der Waals surface area contributed by atoms with Crippen LogP contribution < -0.4 is 5.32 Å². The quantitative estimate of drug-likeness (QED) is 0.824. The number of methoxy groups -OCH3 is 1. The minimum Gasteiger partial charge on any atom is -0.467 e. The normalized spacial score (nSPS) is 16.6. The van der Waals surface area contributed by atoms with Gasteiger partial charge in [-0.2, -0.15) is 0 Å². The number of hydrogen-bond donors (Lipinski definition) is 2. The number of amides is 2. The summed E-state index contributed by atoms with van der Waals surface area (Å²) in [5.74, 6) is -0.468. The molecule has 0 spiro atoms. The number of H-pyrrole nitrogens is 1. The summed E-state index contributed by atoms with van der Waals surface area (Å²) < 4.78 is 4.81. The third kappa shape index (κ3) is 3.14. The molecule has 8 heteroatoms. The molecule has 23 heavy (non-hydrogen) atoms. The van der Waals surface area contributed by atoms with Crippen molar-refractivity contribution in [1.82, 2.24) is 14.9 Å². The fraction of sp³-hybridized carbons (Fsp3) is 0.267. The number of fused-ring (bicyclic) bond motifs is 1. The molecular formula is C15H15ClN4O3. The number of hydrogen-bond acceptors (Lipinski definition) is 4. The van der Waals surface area contributed by atoms with Crippen LogP contribution in [-0.4, -0.2) is 40.0 Å². The summed E-state index contributed by atoms with van der Waals surface area (Å²) in [6.45, 7) is 0.258. The third-order valence-corrected chi connectivity index (χ3v) is 3.98. The van der Waals surface area contributed by atoms with E-state index in [-0.39, 0.29) is 12.6 Å². The van der Waals surface area contributed by atoms with Gasteiger partial charge in [-0.1, -0.05) is 11.6 Å². The lowest BCUT2D eigenvalue weighted by atomic mass is 10.0. The molecule has 1 atom stereocenters. The summed E-state index contributed by atoms with van der Waals surface area (Å²) >= 11 is 5.83. The third-order valence-electron chi connectivity index (χ3n) is 3.73. The number of urea groups is 1. The number of carbonyl (C=O) groups is 2. The van der Waals surface area contributed by atoms with Gasteiger partial charge in [-0.15, -0.1) is 0 Å². The van der Waals surface area contributed by atoms with Crippen LogP contribution in [0.15, 0.2) is 30.6 Å². The number of nitrogens with zero attached hydrogens (tertiary/aromatic N) is 2. The molecule has 1 aromatic heterocycles. The van der Waals surface area contributed by atoms with E-state index in [0.29, 0.717) is 17.1 Å². The lowest BCUT2D eigenvalue weighted by Gasteiger charge is -2.33. The van der Waals surface area contributed by atoms with E-state index in [1.165, 1.54) is 12.0 Å². The Balaban J connectivity index is 1.81. The number of aromatic nitrogens is 2. The minimum absolute atomic E-state index is 0.258. The molecule has 0 saturated heterocycles. The Morgan fingerprint density at radius 2 is 2.13 bits per heavy atom. The molecule has 2 aromatic rings. The van der Waals surface area contributed by atoms with Crippen molar-refractivity contribution in [3.05, 3.63) is 47.0 Å². The molecule has 1 unspecified atom stereocenters. The van der Waals surface area contributed by atoms with Crippen molar-refractivity contribution in [3.8, 4) is 0 Å². The number of nitrogens with one attached hydrogen (secondary N) is 2. The molecule has 2 N–H and O–H groups in total. The number of ether oxygens (including phenoxy) is 1. The second-order valence-electron chi connectivity index (χ2n) is 5.14. The maximum Gasteiger partial charge on any atom is 0.329 e. The van der Waals surface area contributed by atoms with Gasteiger partial charge in [0.2, 0.25) is 0 Å². The molecule has 0 saturated carbocycles. The Kier molecular flexibility index (Phi) is 4.20. The van der Waals surface area contributed by atoms with Crippen molar-refractivity contribution >= 4 is 29.3 Å².